The van der Waals surface area contributed by atoms with Crippen molar-refractivity contribution in [3.63, 3.8) is 0 Å². The number of hydrogen-bond donors (Lipinski definition) is 2. The number of rotatable bonds is 4. The molecule has 0 amide bonds. The molecule has 114 valence electrons. The summed E-state index contributed by atoms with van der Waals surface area (Å²) in [4.78, 5) is 0. The number of hydrogen-bond acceptors (Lipinski definition) is 2. The Kier molecular flexibility index (Phi) is 5.26. The van der Waals surface area contributed by atoms with Gasteiger partial charge in [0.25, 0.3) is 0 Å². The first-order chi connectivity index (χ1) is 9.07. The van der Waals surface area contributed by atoms with Gasteiger partial charge >= 0.3 is 0 Å². The van der Waals surface area contributed by atoms with Crippen LogP contribution in [0.2, 0.25) is 0 Å². The quantitative estimate of drug-likeness (QED) is 0.806. The van der Waals surface area contributed by atoms with Crippen molar-refractivity contribution in [3.05, 3.63) is 28.8 Å². The van der Waals surface area contributed by atoms with Gasteiger partial charge in [0.2, 0.25) is 0 Å². The van der Waals surface area contributed by atoms with Crippen molar-refractivity contribution in [1.29, 1.82) is 0 Å². The van der Waals surface area contributed by atoms with Crippen molar-refractivity contribution in [2.75, 3.05) is 6.61 Å². The summed E-state index contributed by atoms with van der Waals surface area (Å²) in [6, 6.07) is 4.27. The molecule has 0 radical (unpaired) electrons. The Morgan fingerprint density at radius 3 is 1.95 bits per heavy atom. The molecule has 2 N–H and O–H groups in total. The predicted octanol–water partition coefficient (Wildman–Crippen LogP) is 4.30. The summed E-state index contributed by atoms with van der Waals surface area (Å²) in [5.41, 5.74) is 3.29. The molecule has 0 fully saturated rings. The van der Waals surface area contributed by atoms with Gasteiger partial charge in [-0.25, -0.2) is 0 Å². The van der Waals surface area contributed by atoms with Crippen molar-refractivity contribution in [1.82, 2.24) is 0 Å². The fraction of sp³-hybridized carbons (Fsp3) is 0.667. The molecular weight excluding hydrogens is 248 g/mol. The monoisotopic (exact) mass is 278 g/mol. The Hall–Kier alpha value is -1.02. The third-order valence-electron chi connectivity index (χ3n) is 3.72. The average molecular weight is 278 g/mol. The topological polar surface area (TPSA) is 40.5 Å². The van der Waals surface area contributed by atoms with Gasteiger partial charge in [-0.3, -0.25) is 0 Å². The molecule has 0 aromatic heterocycles. The molecule has 0 saturated heterocycles. The van der Waals surface area contributed by atoms with Gasteiger partial charge in [0.15, 0.2) is 0 Å². The van der Waals surface area contributed by atoms with Crippen LogP contribution in [0.3, 0.4) is 0 Å². The smallest absolute Gasteiger partial charge is 0.122 e. The first kappa shape index (κ1) is 17.0. The van der Waals surface area contributed by atoms with Crippen LogP contribution in [-0.4, -0.2) is 16.8 Å². The SMILES string of the molecule is CC(C)(C)c1cc(CCCCO)c(O)c(C(C)(C)C)c1. The summed E-state index contributed by atoms with van der Waals surface area (Å²) in [6.07, 6.45) is 2.50. The maximum Gasteiger partial charge on any atom is 0.122 e. The number of aliphatic hydroxyl groups is 1. The molecular formula is C18H30O2. The largest absolute Gasteiger partial charge is 0.507 e. The molecule has 1 aromatic rings. The molecule has 0 saturated carbocycles. The second-order valence-electron chi connectivity index (χ2n) is 7.71. The lowest BCUT2D eigenvalue weighted by Crippen LogP contribution is -2.17. The highest BCUT2D eigenvalue weighted by Gasteiger charge is 2.24. The van der Waals surface area contributed by atoms with Crippen LogP contribution in [0.5, 0.6) is 5.75 Å². The number of aromatic hydroxyl groups is 1. The van der Waals surface area contributed by atoms with Crippen molar-refractivity contribution in [2.24, 2.45) is 0 Å². The van der Waals surface area contributed by atoms with E-state index in [0.29, 0.717) is 5.75 Å². The molecule has 0 aliphatic carbocycles. The second kappa shape index (κ2) is 6.17. The zero-order valence-corrected chi connectivity index (χ0v) is 13.9. The first-order valence-electron chi connectivity index (χ1n) is 7.55. The van der Waals surface area contributed by atoms with Gasteiger partial charge in [-0.05, 0) is 46.8 Å². The van der Waals surface area contributed by atoms with E-state index in [2.05, 4.69) is 53.7 Å². The highest BCUT2D eigenvalue weighted by Crippen LogP contribution is 2.38. The van der Waals surface area contributed by atoms with Crippen LogP contribution in [0.1, 0.15) is 71.1 Å². The number of phenols is 1. The maximum absolute atomic E-state index is 10.6. The Bertz CT molecular complexity index is 448. The Morgan fingerprint density at radius 2 is 1.50 bits per heavy atom. The molecule has 0 unspecified atom stereocenters. The summed E-state index contributed by atoms with van der Waals surface area (Å²) in [6.45, 7) is 13.2. The molecule has 0 spiro atoms. The summed E-state index contributed by atoms with van der Waals surface area (Å²) in [5.74, 6) is 0.434. The number of aryl methyl sites for hydroxylation is 1. The Labute approximate surface area is 123 Å². The zero-order chi connectivity index (χ0) is 15.6. The minimum absolute atomic E-state index is 0.0689. The molecule has 0 heterocycles. The van der Waals surface area contributed by atoms with E-state index >= 15 is 0 Å². The van der Waals surface area contributed by atoms with Crippen molar-refractivity contribution >= 4 is 0 Å². The van der Waals surface area contributed by atoms with Crippen LogP contribution in [0.4, 0.5) is 0 Å². The number of phenolic OH excluding ortho intramolecular Hbond substituents is 1. The van der Waals surface area contributed by atoms with Crippen LogP contribution in [0.25, 0.3) is 0 Å². The van der Waals surface area contributed by atoms with Crippen LogP contribution < -0.4 is 0 Å². The molecule has 20 heavy (non-hydrogen) atoms. The third-order valence-corrected chi connectivity index (χ3v) is 3.72. The maximum atomic E-state index is 10.6. The van der Waals surface area contributed by atoms with Crippen LogP contribution in [0.15, 0.2) is 12.1 Å². The lowest BCUT2D eigenvalue weighted by molar-refractivity contribution is 0.284. The molecule has 2 nitrogen and oxygen atoms in total. The zero-order valence-electron chi connectivity index (χ0n) is 13.9. The highest BCUT2D eigenvalue weighted by atomic mass is 16.3. The van der Waals surface area contributed by atoms with E-state index in [0.717, 1.165) is 30.4 Å². The molecule has 1 rings (SSSR count). The summed E-state index contributed by atoms with van der Waals surface area (Å²) in [7, 11) is 0. The fourth-order valence-corrected chi connectivity index (χ4v) is 2.32. The molecule has 1 aromatic carbocycles. The van der Waals surface area contributed by atoms with E-state index in [1.807, 2.05) is 0 Å². The summed E-state index contributed by atoms with van der Waals surface area (Å²) < 4.78 is 0. The number of aliphatic hydroxyl groups excluding tert-OH is 1. The van der Waals surface area contributed by atoms with Crippen molar-refractivity contribution in [2.45, 2.75) is 71.6 Å². The minimum atomic E-state index is -0.0723. The van der Waals surface area contributed by atoms with E-state index < -0.39 is 0 Å². The van der Waals surface area contributed by atoms with Crippen LogP contribution in [0, 0.1) is 0 Å². The van der Waals surface area contributed by atoms with Gasteiger partial charge in [0, 0.05) is 6.61 Å². The average Bonchev–Trinajstić information content (AvgIpc) is 2.28. The normalized spacial score (nSPS) is 12.8. The van der Waals surface area contributed by atoms with E-state index in [4.69, 9.17) is 5.11 Å². The number of unbranched alkanes of at least 4 members (excludes halogenated alkanes) is 1. The standard InChI is InChI=1S/C18H30O2/c1-17(2,3)14-11-13(9-7-8-10-19)16(20)15(12-14)18(4,5)6/h11-12,19-20H,7-10H2,1-6H3. The lowest BCUT2D eigenvalue weighted by atomic mass is 9.78. The van der Waals surface area contributed by atoms with Gasteiger partial charge in [0.05, 0.1) is 0 Å². The van der Waals surface area contributed by atoms with Crippen LogP contribution in [-0.2, 0) is 17.3 Å². The molecule has 0 bridgehead atoms. The van der Waals surface area contributed by atoms with E-state index in [1.54, 1.807) is 0 Å². The predicted molar refractivity (Wildman–Crippen MR) is 85.5 cm³/mol. The van der Waals surface area contributed by atoms with Crippen LogP contribution >= 0.6 is 0 Å². The molecule has 2 heteroatoms. The van der Waals surface area contributed by atoms with Gasteiger partial charge in [-0.2, -0.15) is 0 Å². The minimum Gasteiger partial charge on any atom is -0.507 e. The molecule has 0 aliphatic rings. The fourth-order valence-electron chi connectivity index (χ4n) is 2.32. The van der Waals surface area contributed by atoms with E-state index in [1.165, 1.54) is 5.56 Å². The number of benzene rings is 1. The molecule has 0 aliphatic heterocycles. The van der Waals surface area contributed by atoms with Crippen molar-refractivity contribution < 1.29 is 10.2 Å². The Balaban J connectivity index is 3.28. The van der Waals surface area contributed by atoms with Gasteiger partial charge in [0.1, 0.15) is 5.75 Å². The van der Waals surface area contributed by atoms with Gasteiger partial charge in [-0.1, -0.05) is 53.7 Å². The summed E-state index contributed by atoms with van der Waals surface area (Å²) in [5, 5.41) is 19.5. The lowest BCUT2D eigenvalue weighted by Gasteiger charge is -2.27. The van der Waals surface area contributed by atoms with Crippen molar-refractivity contribution in [3.8, 4) is 5.75 Å². The Morgan fingerprint density at radius 1 is 0.900 bits per heavy atom. The highest BCUT2D eigenvalue weighted by molar-refractivity contribution is 5.48. The summed E-state index contributed by atoms with van der Waals surface area (Å²) >= 11 is 0. The van der Waals surface area contributed by atoms with E-state index in [-0.39, 0.29) is 17.4 Å². The first-order valence-corrected chi connectivity index (χ1v) is 7.55. The molecule has 0 atom stereocenters. The second-order valence-corrected chi connectivity index (χ2v) is 7.71. The van der Waals surface area contributed by atoms with E-state index in [9.17, 15) is 5.11 Å². The van der Waals surface area contributed by atoms with Gasteiger partial charge in [-0.15, -0.1) is 0 Å². The third kappa shape index (κ3) is 4.24. The van der Waals surface area contributed by atoms with Gasteiger partial charge < -0.3 is 10.2 Å².